The lowest BCUT2D eigenvalue weighted by molar-refractivity contribution is 0.0698. The van der Waals surface area contributed by atoms with Crippen LogP contribution >= 0.6 is 0 Å². The number of anilines is 1. The van der Waals surface area contributed by atoms with Crippen LogP contribution in [-0.4, -0.2) is 36.8 Å². The number of fused-ring (bicyclic) bond motifs is 1. The van der Waals surface area contributed by atoms with Gasteiger partial charge in [-0.3, -0.25) is 5.32 Å². The van der Waals surface area contributed by atoms with Crippen LogP contribution in [0.15, 0.2) is 36.7 Å². The summed E-state index contributed by atoms with van der Waals surface area (Å²) in [5.41, 5.74) is 1.15. The number of carboxylic acids is 1. The normalized spacial score (nSPS) is 10.5. The highest BCUT2D eigenvalue weighted by molar-refractivity contribution is 5.96. The van der Waals surface area contributed by atoms with Crippen LogP contribution in [0.5, 0.6) is 0 Å². The van der Waals surface area contributed by atoms with E-state index in [4.69, 9.17) is 4.74 Å². The van der Waals surface area contributed by atoms with Gasteiger partial charge in [0.1, 0.15) is 18.5 Å². The second-order valence-electron chi connectivity index (χ2n) is 4.88. The van der Waals surface area contributed by atoms with E-state index in [9.17, 15) is 14.7 Å². The first-order chi connectivity index (χ1) is 11.6. The van der Waals surface area contributed by atoms with Gasteiger partial charge in [0, 0.05) is 0 Å². The van der Waals surface area contributed by atoms with E-state index in [-0.39, 0.29) is 29.5 Å². The SMILES string of the molecule is Cc1nn2c(NC(=O)OCc3ccccc3)ncnc2c1C(=O)O. The molecule has 0 fully saturated rings. The molecule has 0 aliphatic carbocycles. The average Bonchev–Trinajstić information content (AvgIpc) is 2.91. The number of benzene rings is 1. The number of nitrogens with zero attached hydrogens (tertiary/aromatic N) is 4. The predicted octanol–water partition coefficient (Wildman–Crippen LogP) is 1.88. The lowest BCUT2D eigenvalue weighted by atomic mass is 10.2. The van der Waals surface area contributed by atoms with Gasteiger partial charge in [-0.25, -0.2) is 19.6 Å². The van der Waals surface area contributed by atoms with E-state index >= 15 is 0 Å². The summed E-state index contributed by atoms with van der Waals surface area (Å²) >= 11 is 0. The van der Waals surface area contributed by atoms with Crippen molar-refractivity contribution in [1.29, 1.82) is 0 Å². The zero-order chi connectivity index (χ0) is 17.1. The molecule has 1 amide bonds. The molecule has 0 unspecified atom stereocenters. The van der Waals surface area contributed by atoms with Crippen LogP contribution in [0.1, 0.15) is 21.6 Å². The predicted molar refractivity (Wildman–Crippen MR) is 82.7 cm³/mol. The quantitative estimate of drug-likeness (QED) is 0.751. The molecule has 0 atom stereocenters. The molecule has 0 radical (unpaired) electrons. The fourth-order valence-corrected chi connectivity index (χ4v) is 2.16. The topological polar surface area (TPSA) is 119 Å². The Balaban J connectivity index is 1.79. The first kappa shape index (κ1) is 15.4. The average molecular weight is 327 g/mol. The maximum atomic E-state index is 11.9. The van der Waals surface area contributed by atoms with Gasteiger partial charge in [0.25, 0.3) is 0 Å². The Morgan fingerprint density at radius 3 is 2.71 bits per heavy atom. The summed E-state index contributed by atoms with van der Waals surface area (Å²) in [4.78, 5) is 31.0. The lowest BCUT2D eigenvalue weighted by Gasteiger charge is -2.07. The molecule has 9 nitrogen and oxygen atoms in total. The highest BCUT2D eigenvalue weighted by Crippen LogP contribution is 2.16. The largest absolute Gasteiger partial charge is 0.477 e. The van der Waals surface area contributed by atoms with Crippen LogP contribution in [0.2, 0.25) is 0 Å². The molecule has 3 rings (SSSR count). The Kier molecular flexibility index (Phi) is 4.06. The summed E-state index contributed by atoms with van der Waals surface area (Å²) in [6, 6.07) is 9.19. The first-order valence-corrected chi connectivity index (χ1v) is 6.97. The van der Waals surface area contributed by atoms with Gasteiger partial charge in [0.05, 0.1) is 5.69 Å². The Bertz CT molecular complexity index is 907. The summed E-state index contributed by atoms with van der Waals surface area (Å²) in [6.07, 6.45) is 0.416. The third kappa shape index (κ3) is 3.00. The Labute approximate surface area is 135 Å². The highest BCUT2D eigenvalue weighted by atomic mass is 16.5. The van der Waals surface area contributed by atoms with Crippen molar-refractivity contribution in [3.05, 3.63) is 53.5 Å². The van der Waals surface area contributed by atoms with Gasteiger partial charge in [-0.15, -0.1) is 0 Å². The van der Waals surface area contributed by atoms with E-state index in [2.05, 4.69) is 20.4 Å². The Morgan fingerprint density at radius 1 is 1.25 bits per heavy atom. The van der Waals surface area contributed by atoms with E-state index in [1.807, 2.05) is 30.3 Å². The molecule has 2 aromatic heterocycles. The molecule has 0 bridgehead atoms. The van der Waals surface area contributed by atoms with Gasteiger partial charge in [-0.1, -0.05) is 30.3 Å². The van der Waals surface area contributed by atoms with Crippen molar-refractivity contribution in [2.45, 2.75) is 13.5 Å². The fraction of sp³-hybridized carbons (Fsp3) is 0.133. The molecule has 9 heteroatoms. The maximum absolute atomic E-state index is 11.9. The highest BCUT2D eigenvalue weighted by Gasteiger charge is 2.20. The molecule has 1 aromatic carbocycles. The molecular formula is C15H13N5O4. The van der Waals surface area contributed by atoms with Crippen LogP contribution in [0.4, 0.5) is 10.7 Å². The molecule has 0 saturated carbocycles. The number of carbonyl (C=O) groups is 2. The van der Waals surface area contributed by atoms with E-state index < -0.39 is 12.1 Å². The van der Waals surface area contributed by atoms with Crippen molar-refractivity contribution in [2.75, 3.05) is 5.32 Å². The first-order valence-electron chi connectivity index (χ1n) is 6.97. The number of amides is 1. The van der Waals surface area contributed by atoms with Crippen LogP contribution in [0.3, 0.4) is 0 Å². The number of hydrogen-bond acceptors (Lipinski definition) is 6. The van der Waals surface area contributed by atoms with Crippen LogP contribution in [0, 0.1) is 6.92 Å². The molecule has 0 aliphatic heterocycles. The molecule has 3 aromatic rings. The smallest absolute Gasteiger partial charge is 0.414 e. The second kappa shape index (κ2) is 6.32. The monoisotopic (exact) mass is 327 g/mol. The van der Waals surface area contributed by atoms with Crippen LogP contribution < -0.4 is 5.32 Å². The Hall–Kier alpha value is -3.49. The number of carbonyl (C=O) groups excluding carboxylic acids is 1. The number of carboxylic acid groups (broad SMARTS) is 1. The lowest BCUT2D eigenvalue weighted by Crippen LogP contribution is -2.17. The second-order valence-corrected chi connectivity index (χ2v) is 4.88. The van der Waals surface area contributed by atoms with E-state index in [1.165, 1.54) is 6.92 Å². The number of nitrogens with one attached hydrogen (secondary N) is 1. The summed E-state index contributed by atoms with van der Waals surface area (Å²) in [6.45, 7) is 1.63. The zero-order valence-electron chi connectivity index (χ0n) is 12.6. The third-order valence-corrected chi connectivity index (χ3v) is 3.24. The van der Waals surface area contributed by atoms with E-state index in [0.29, 0.717) is 0 Å². The number of aryl methyl sites for hydroxylation is 1. The number of aromatic carboxylic acids is 1. The van der Waals surface area contributed by atoms with Crippen LogP contribution in [-0.2, 0) is 11.3 Å². The molecule has 2 heterocycles. The van der Waals surface area contributed by atoms with E-state index in [0.717, 1.165) is 16.4 Å². The van der Waals surface area contributed by atoms with Crippen molar-refractivity contribution in [1.82, 2.24) is 19.6 Å². The maximum Gasteiger partial charge on any atom is 0.414 e. The minimum absolute atomic E-state index is 0.0219. The van der Waals surface area contributed by atoms with Gasteiger partial charge < -0.3 is 9.84 Å². The Morgan fingerprint density at radius 2 is 2.00 bits per heavy atom. The summed E-state index contributed by atoms with van der Waals surface area (Å²) in [7, 11) is 0. The molecule has 0 aliphatic rings. The van der Waals surface area contributed by atoms with Gasteiger partial charge >= 0.3 is 12.1 Å². The molecule has 24 heavy (non-hydrogen) atoms. The summed E-state index contributed by atoms with van der Waals surface area (Å²) in [5.74, 6) is -1.13. The van der Waals surface area contributed by atoms with Gasteiger partial charge in [0.2, 0.25) is 5.95 Å². The fourth-order valence-electron chi connectivity index (χ4n) is 2.16. The molecule has 122 valence electrons. The number of aromatic nitrogens is 4. The minimum Gasteiger partial charge on any atom is -0.477 e. The van der Waals surface area contributed by atoms with Gasteiger partial charge in [-0.2, -0.15) is 9.61 Å². The van der Waals surface area contributed by atoms with Crippen LogP contribution in [0.25, 0.3) is 5.65 Å². The van der Waals surface area contributed by atoms with Crippen molar-refractivity contribution in [3.8, 4) is 0 Å². The molecular weight excluding hydrogens is 314 g/mol. The van der Waals surface area contributed by atoms with Crippen molar-refractivity contribution in [2.24, 2.45) is 0 Å². The van der Waals surface area contributed by atoms with Crippen molar-refractivity contribution >= 4 is 23.7 Å². The van der Waals surface area contributed by atoms with Crippen molar-refractivity contribution < 1.29 is 19.4 Å². The summed E-state index contributed by atoms with van der Waals surface area (Å²) < 4.78 is 6.25. The third-order valence-electron chi connectivity index (χ3n) is 3.24. The standard InChI is InChI=1S/C15H13N5O4/c1-9-11(13(21)22)12-16-8-17-14(20(12)19-9)18-15(23)24-7-10-5-3-2-4-6-10/h2-6,8H,7H2,1H3,(H,21,22)(H,16,17,18,23). The number of hydrogen-bond donors (Lipinski definition) is 2. The minimum atomic E-state index is -1.15. The molecule has 2 N–H and O–H groups in total. The van der Waals surface area contributed by atoms with Crippen molar-refractivity contribution in [3.63, 3.8) is 0 Å². The zero-order valence-corrected chi connectivity index (χ0v) is 12.6. The van der Waals surface area contributed by atoms with Gasteiger partial charge in [0.15, 0.2) is 5.65 Å². The molecule has 0 spiro atoms. The summed E-state index contributed by atoms with van der Waals surface area (Å²) in [5, 5.41) is 15.7. The number of ether oxygens (including phenoxy) is 1. The number of rotatable bonds is 4. The van der Waals surface area contributed by atoms with Gasteiger partial charge in [-0.05, 0) is 12.5 Å². The van der Waals surface area contributed by atoms with E-state index in [1.54, 1.807) is 0 Å². The molecule has 0 saturated heterocycles.